The van der Waals surface area contributed by atoms with Gasteiger partial charge in [-0.2, -0.15) is 0 Å². The minimum atomic E-state index is -3.42. The zero-order valence-corrected chi connectivity index (χ0v) is 12.5. The Bertz CT molecular complexity index is 623. The predicted octanol–water partition coefficient (Wildman–Crippen LogP) is 0.778. The van der Waals surface area contributed by atoms with Crippen LogP contribution in [0, 0.1) is 5.41 Å². The van der Waals surface area contributed by atoms with Crippen molar-refractivity contribution in [2.75, 3.05) is 31.3 Å². The molecule has 0 bridgehead atoms. The fourth-order valence-corrected chi connectivity index (χ4v) is 3.11. The van der Waals surface area contributed by atoms with E-state index in [-0.39, 0.29) is 17.3 Å². The van der Waals surface area contributed by atoms with Gasteiger partial charge in [0.05, 0.1) is 5.41 Å². The van der Waals surface area contributed by atoms with E-state index in [2.05, 4.69) is 10.3 Å². The molecule has 1 aliphatic rings. The van der Waals surface area contributed by atoms with Crippen molar-refractivity contribution in [2.24, 2.45) is 5.41 Å². The minimum absolute atomic E-state index is 0.0672. The van der Waals surface area contributed by atoms with Crippen molar-refractivity contribution in [3.05, 3.63) is 18.3 Å². The van der Waals surface area contributed by atoms with E-state index in [0.29, 0.717) is 26.1 Å². The van der Waals surface area contributed by atoms with Crippen molar-refractivity contribution in [2.45, 2.75) is 17.7 Å². The summed E-state index contributed by atoms with van der Waals surface area (Å²) in [6.45, 7) is 0.884. The maximum atomic E-state index is 11.7. The standard InChI is InChI=1S/C13H18N2O5S/c1-21(18,19)10-3-2-6-14-11(10)15-9-13(12(16)17)4-7-20-8-5-13/h2-3,6H,4-5,7-9H2,1H3,(H,14,15)(H,16,17). The predicted molar refractivity (Wildman–Crippen MR) is 76.0 cm³/mol. The van der Waals surface area contributed by atoms with Crippen LogP contribution in [-0.2, 0) is 19.4 Å². The van der Waals surface area contributed by atoms with E-state index in [4.69, 9.17) is 4.74 Å². The van der Waals surface area contributed by atoms with Gasteiger partial charge in [0.25, 0.3) is 0 Å². The van der Waals surface area contributed by atoms with Crippen LogP contribution in [0.5, 0.6) is 0 Å². The summed E-state index contributed by atoms with van der Waals surface area (Å²) in [6, 6.07) is 2.98. The summed E-state index contributed by atoms with van der Waals surface area (Å²) in [5.74, 6) is -0.720. The smallest absolute Gasteiger partial charge is 0.311 e. The van der Waals surface area contributed by atoms with Crippen LogP contribution in [0.2, 0.25) is 0 Å². The molecule has 1 saturated heterocycles. The van der Waals surface area contributed by atoms with Crippen molar-refractivity contribution < 1.29 is 23.1 Å². The van der Waals surface area contributed by atoms with Crippen molar-refractivity contribution in [3.8, 4) is 0 Å². The number of aromatic nitrogens is 1. The lowest BCUT2D eigenvalue weighted by molar-refractivity contribution is -0.153. The second kappa shape index (κ2) is 5.98. The molecule has 116 valence electrons. The molecule has 21 heavy (non-hydrogen) atoms. The van der Waals surface area contributed by atoms with Crippen LogP contribution in [0.3, 0.4) is 0 Å². The number of ether oxygens (including phenoxy) is 1. The highest BCUT2D eigenvalue weighted by molar-refractivity contribution is 7.90. The number of rotatable bonds is 5. The van der Waals surface area contributed by atoms with E-state index in [1.165, 1.54) is 18.3 Å². The first-order valence-corrected chi connectivity index (χ1v) is 8.44. The second-order valence-corrected chi connectivity index (χ2v) is 7.16. The van der Waals surface area contributed by atoms with E-state index >= 15 is 0 Å². The molecule has 2 N–H and O–H groups in total. The molecular formula is C13H18N2O5S. The molecule has 0 saturated carbocycles. The third-order valence-corrected chi connectivity index (χ3v) is 4.80. The fraction of sp³-hybridized carbons (Fsp3) is 0.538. The van der Waals surface area contributed by atoms with Crippen LogP contribution in [0.4, 0.5) is 5.82 Å². The lowest BCUT2D eigenvalue weighted by Gasteiger charge is -2.33. The average Bonchev–Trinajstić information content (AvgIpc) is 2.45. The molecule has 0 unspecified atom stereocenters. The van der Waals surface area contributed by atoms with Crippen LogP contribution in [0.15, 0.2) is 23.2 Å². The van der Waals surface area contributed by atoms with Gasteiger partial charge in [0.15, 0.2) is 9.84 Å². The van der Waals surface area contributed by atoms with Crippen LogP contribution >= 0.6 is 0 Å². The van der Waals surface area contributed by atoms with E-state index < -0.39 is 21.2 Å². The van der Waals surface area contributed by atoms with Crippen LogP contribution in [0.25, 0.3) is 0 Å². The first kappa shape index (κ1) is 15.7. The number of nitrogens with one attached hydrogen (secondary N) is 1. The summed E-state index contributed by atoms with van der Waals surface area (Å²) in [5, 5.41) is 12.3. The molecule has 0 aromatic carbocycles. The number of pyridine rings is 1. The Hall–Kier alpha value is -1.67. The summed E-state index contributed by atoms with van der Waals surface area (Å²) in [6.07, 6.45) is 3.33. The summed E-state index contributed by atoms with van der Waals surface area (Å²) < 4.78 is 28.6. The van der Waals surface area contributed by atoms with Gasteiger partial charge in [-0.15, -0.1) is 0 Å². The first-order chi connectivity index (χ1) is 9.85. The number of carboxylic acid groups (broad SMARTS) is 1. The van der Waals surface area contributed by atoms with Crippen molar-refractivity contribution in [1.29, 1.82) is 0 Å². The zero-order valence-electron chi connectivity index (χ0n) is 11.7. The molecule has 1 fully saturated rings. The molecule has 8 heteroatoms. The van der Waals surface area contributed by atoms with Gasteiger partial charge in [-0.05, 0) is 25.0 Å². The van der Waals surface area contributed by atoms with Crippen molar-refractivity contribution in [1.82, 2.24) is 4.98 Å². The van der Waals surface area contributed by atoms with Gasteiger partial charge in [-0.1, -0.05) is 0 Å². The van der Waals surface area contributed by atoms with Gasteiger partial charge in [-0.3, -0.25) is 4.79 Å². The Morgan fingerprint density at radius 3 is 2.71 bits per heavy atom. The maximum Gasteiger partial charge on any atom is 0.311 e. The monoisotopic (exact) mass is 314 g/mol. The van der Waals surface area contributed by atoms with E-state index in [1.54, 1.807) is 0 Å². The quantitative estimate of drug-likeness (QED) is 0.827. The molecule has 1 aromatic heterocycles. The number of hydrogen-bond donors (Lipinski definition) is 2. The Kier molecular flexibility index (Phi) is 4.48. The van der Waals surface area contributed by atoms with Crippen LogP contribution < -0.4 is 5.32 Å². The molecule has 0 aliphatic carbocycles. The van der Waals surface area contributed by atoms with Crippen LogP contribution in [-0.4, -0.2) is 50.5 Å². The minimum Gasteiger partial charge on any atom is -0.481 e. The first-order valence-electron chi connectivity index (χ1n) is 6.55. The molecule has 0 atom stereocenters. The third-order valence-electron chi connectivity index (χ3n) is 3.67. The average molecular weight is 314 g/mol. The van der Waals surface area contributed by atoms with Gasteiger partial charge in [-0.25, -0.2) is 13.4 Å². The Labute approximate surface area is 123 Å². The number of carbonyl (C=O) groups is 1. The SMILES string of the molecule is CS(=O)(=O)c1cccnc1NCC1(C(=O)O)CCOCC1. The lowest BCUT2D eigenvalue weighted by Crippen LogP contribution is -2.42. The number of sulfone groups is 1. The Balaban J connectivity index is 2.21. The number of nitrogens with zero attached hydrogens (tertiary/aromatic N) is 1. The second-order valence-electron chi connectivity index (χ2n) is 5.17. The third kappa shape index (κ3) is 3.51. The molecule has 2 heterocycles. The summed E-state index contributed by atoms with van der Waals surface area (Å²) in [5.41, 5.74) is -0.954. The number of anilines is 1. The fourth-order valence-electron chi connectivity index (χ4n) is 2.30. The molecule has 0 radical (unpaired) electrons. The summed E-state index contributed by atoms with van der Waals surface area (Å²) >= 11 is 0. The lowest BCUT2D eigenvalue weighted by atomic mass is 9.80. The molecule has 1 aliphatic heterocycles. The normalized spacial score (nSPS) is 18.1. The highest BCUT2D eigenvalue weighted by atomic mass is 32.2. The van der Waals surface area contributed by atoms with Gasteiger partial charge in [0, 0.05) is 32.2 Å². The van der Waals surface area contributed by atoms with Gasteiger partial charge in [0.1, 0.15) is 10.7 Å². The van der Waals surface area contributed by atoms with Crippen LogP contribution in [0.1, 0.15) is 12.8 Å². The van der Waals surface area contributed by atoms with Crippen molar-refractivity contribution >= 4 is 21.6 Å². The maximum absolute atomic E-state index is 11.7. The zero-order chi connectivity index (χ0) is 15.5. The van der Waals surface area contributed by atoms with Crippen molar-refractivity contribution in [3.63, 3.8) is 0 Å². The molecular weight excluding hydrogens is 296 g/mol. The molecule has 0 spiro atoms. The number of carboxylic acids is 1. The van der Waals surface area contributed by atoms with Gasteiger partial charge in [0.2, 0.25) is 0 Å². The highest BCUT2D eigenvalue weighted by Crippen LogP contribution is 2.31. The summed E-state index contributed by atoms with van der Waals surface area (Å²) in [7, 11) is -3.42. The molecule has 1 aromatic rings. The molecule has 2 rings (SSSR count). The van der Waals surface area contributed by atoms with E-state index in [9.17, 15) is 18.3 Å². The largest absolute Gasteiger partial charge is 0.481 e. The number of hydrogen-bond acceptors (Lipinski definition) is 6. The summed E-state index contributed by atoms with van der Waals surface area (Å²) in [4.78, 5) is 15.6. The molecule has 7 nitrogen and oxygen atoms in total. The van der Waals surface area contributed by atoms with Gasteiger partial charge >= 0.3 is 5.97 Å². The van der Waals surface area contributed by atoms with Gasteiger partial charge < -0.3 is 15.2 Å². The number of aliphatic carboxylic acids is 1. The van der Waals surface area contributed by atoms with E-state index in [1.807, 2.05) is 0 Å². The Morgan fingerprint density at radius 2 is 2.14 bits per heavy atom. The topological polar surface area (TPSA) is 106 Å². The molecule has 0 amide bonds. The highest BCUT2D eigenvalue weighted by Gasteiger charge is 2.40. The Morgan fingerprint density at radius 1 is 1.48 bits per heavy atom. The van der Waals surface area contributed by atoms with E-state index in [0.717, 1.165) is 6.26 Å².